The van der Waals surface area contributed by atoms with Crippen LogP contribution in [0.3, 0.4) is 0 Å². The number of hydrogen-bond donors (Lipinski definition) is 0. The molecule has 1 saturated carbocycles. The van der Waals surface area contributed by atoms with Gasteiger partial charge in [0.15, 0.2) is 0 Å². The third kappa shape index (κ3) is 1.62. The molecule has 0 unspecified atom stereocenters. The molecule has 2 aromatic carbocycles. The van der Waals surface area contributed by atoms with Crippen molar-refractivity contribution >= 4 is 10.9 Å². The number of hydrogen-bond acceptors (Lipinski definition) is 1. The van der Waals surface area contributed by atoms with Gasteiger partial charge in [0, 0.05) is 16.4 Å². The predicted molar refractivity (Wildman–Crippen MR) is 91.0 cm³/mol. The largest absolute Gasteiger partial charge is 0.247 e. The van der Waals surface area contributed by atoms with Crippen LogP contribution < -0.4 is 0 Å². The quantitative estimate of drug-likeness (QED) is 0.548. The number of para-hydroxylation sites is 1. The van der Waals surface area contributed by atoms with Crippen LogP contribution in [-0.2, 0) is 11.8 Å². The van der Waals surface area contributed by atoms with Crippen LogP contribution in [0.5, 0.6) is 0 Å². The molecule has 3 aromatic rings. The lowest BCUT2D eigenvalue weighted by Crippen LogP contribution is -2.29. The Morgan fingerprint density at radius 3 is 2.55 bits per heavy atom. The predicted octanol–water partition coefficient (Wildman–Crippen LogP) is 5.27. The molecule has 1 heterocycles. The standard InChI is InChI=1S/C21H19N/c1-4-10-19-15(7-1)13-16-14-21(11-5-6-12-21)18-9-3-2-8-17(18)20(16)22-19/h1-4,7-10,13H,5-6,11-12,14H2. The molecule has 108 valence electrons. The molecular weight excluding hydrogens is 266 g/mol. The third-order valence-electron chi connectivity index (χ3n) is 5.65. The van der Waals surface area contributed by atoms with Crippen molar-refractivity contribution in [2.24, 2.45) is 0 Å². The number of fused-ring (bicyclic) bond motifs is 5. The van der Waals surface area contributed by atoms with Gasteiger partial charge in [-0.1, -0.05) is 55.3 Å². The first-order valence-corrected chi connectivity index (χ1v) is 8.34. The minimum absolute atomic E-state index is 0.369. The van der Waals surface area contributed by atoms with Gasteiger partial charge in [-0.2, -0.15) is 0 Å². The Morgan fingerprint density at radius 2 is 1.64 bits per heavy atom. The Morgan fingerprint density at radius 1 is 0.864 bits per heavy atom. The van der Waals surface area contributed by atoms with Crippen molar-refractivity contribution in [3.63, 3.8) is 0 Å². The van der Waals surface area contributed by atoms with Crippen LogP contribution in [0.1, 0.15) is 36.8 Å². The minimum Gasteiger partial charge on any atom is -0.247 e. The van der Waals surface area contributed by atoms with E-state index in [0.717, 1.165) is 11.9 Å². The van der Waals surface area contributed by atoms with Gasteiger partial charge in [0.25, 0.3) is 0 Å². The third-order valence-corrected chi connectivity index (χ3v) is 5.65. The van der Waals surface area contributed by atoms with E-state index in [2.05, 4.69) is 54.6 Å². The molecule has 0 amide bonds. The van der Waals surface area contributed by atoms with Gasteiger partial charge in [-0.15, -0.1) is 0 Å². The highest BCUT2D eigenvalue weighted by atomic mass is 14.7. The summed E-state index contributed by atoms with van der Waals surface area (Å²) < 4.78 is 0. The summed E-state index contributed by atoms with van der Waals surface area (Å²) in [5.74, 6) is 0. The average Bonchev–Trinajstić information content (AvgIpc) is 3.03. The highest BCUT2D eigenvalue weighted by molar-refractivity contribution is 5.85. The van der Waals surface area contributed by atoms with Crippen molar-refractivity contribution in [2.75, 3.05) is 0 Å². The number of rotatable bonds is 0. The Labute approximate surface area is 131 Å². The zero-order valence-electron chi connectivity index (χ0n) is 12.7. The molecule has 1 nitrogen and oxygen atoms in total. The first kappa shape index (κ1) is 12.4. The SMILES string of the molecule is c1ccc2c(c1)-c1nc3ccccc3cc1CC21CCCC1. The molecule has 1 aromatic heterocycles. The van der Waals surface area contributed by atoms with Gasteiger partial charge >= 0.3 is 0 Å². The zero-order chi connectivity index (χ0) is 14.6. The van der Waals surface area contributed by atoms with Crippen LogP contribution in [-0.4, -0.2) is 4.98 Å². The number of pyridine rings is 1. The molecule has 0 N–H and O–H groups in total. The van der Waals surface area contributed by atoms with E-state index in [9.17, 15) is 0 Å². The van der Waals surface area contributed by atoms with Gasteiger partial charge < -0.3 is 0 Å². The van der Waals surface area contributed by atoms with Gasteiger partial charge in [0.05, 0.1) is 11.2 Å². The van der Waals surface area contributed by atoms with Crippen molar-refractivity contribution in [2.45, 2.75) is 37.5 Å². The summed E-state index contributed by atoms with van der Waals surface area (Å²) in [7, 11) is 0. The van der Waals surface area contributed by atoms with Crippen LogP contribution in [0.4, 0.5) is 0 Å². The van der Waals surface area contributed by atoms with E-state index in [4.69, 9.17) is 4.98 Å². The molecule has 0 atom stereocenters. The maximum absolute atomic E-state index is 5.01. The van der Waals surface area contributed by atoms with E-state index in [1.165, 1.54) is 47.9 Å². The van der Waals surface area contributed by atoms with Gasteiger partial charge in [-0.25, -0.2) is 4.98 Å². The van der Waals surface area contributed by atoms with Gasteiger partial charge in [0.2, 0.25) is 0 Å². The summed E-state index contributed by atoms with van der Waals surface area (Å²) in [5, 5.41) is 1.27. The molecule has 1 heteroatoms. The van der Waals surface area contributed by atoms with E-state index < -0.39 is 0 Å². The second kappa shape index (κ2) is 4.42. The summed E-state index contributed by atoms with van der Waals surface area (Å²) in [6, 6.07) is 19.9. The lowest BCUT2D eigenvalue weighted by molar-refractivity contribution is 0.433. The van der Waals surface area contributed by atoms with Crippen LogP contribution in [0.2, 0.25) is 0 Å². The number of nitrogens with zero attached hydrogens (tertiary/aromatic N) is 1. The Bertz CT molecular complexity index is 872. The second-order valence-electron chi connectivity index (χ2n) is 6.90. The number of aromatic nitrogens is 1. The summed E-state index contributed by atoms with van der Waals surface area (Å²) in [6.45, 7) is 0. The van der Waals surface area contributed by atoms with Gasteiger partial charge in [0.1, 0.15) is 0 Å². The van der Waals surface area contributed by atoms with Crippen molar-refractivity contribution in [3.05, 3.63) is 65.7 Å². The molecule has 5 rings (SSSR count). The normalized spacial score (nSPS) is 18.4. The van der Waals surface area contributed by atoms with Crippen molar-refractivity contribution < 1.29 is 0 Å². The monoisotopic (exact) mass is 285 g/mol. The fourth-order valence-corrected chi connectivity index (χ4v) is 4.64. The van der Waals surface area contributed by atoms with E-state index in [0.29, 0.717) is 5.41 Å². The van der Waals surface area contributed by atoms with Crippen LogP contribution in [0.25, 0.3) is 22.2 Å². The van der Waals surface area contributed by atoms with E-state index in [-0.39, 0.29) is 0 Å². The minimum atomic E-state index is 0.369. The lowest BCUT2D eigenvalue weighted by atomic mass is 9.68. The highest BCUT2D eigenvalue weighted by Gasteiger charge is 2.41. The summed E-state index contributed by atoms with van der Waals surface area (Å²) >= 11 is 0. The molecular formula is C21H19N. The molecule has 0 aliphatic heterocycles. The number of benzene rings is 2. The van der Waals surface area contributed by atoms with Crippen LogP contribution in [0.15, 0.2) is 54.6 Å². The fourth-order valence-electron chi connectivity index (χ4n) is 4.64. The zero-order valence-corrected chi connectivity index (χ0v) is 12.7. The maximum Gasteiger partial charge on any atom is 0.0744 e. The molecule has 1 fully saturated rings. The van der Waals surface area contributed by atoms with Crippen LogP contribution >= 0.6 is 0 Å². The fraction of sp³-hybridized carbons (Fsp3) is 0.286. The maximum atomic E-state index is 5.01. The highest BCUT2D eigenvalue weighted by Crippen LogP contribution is 2.51. The van der Waals surface area contributed by atoms with Crippen molar-refractivity contribution in [1.29, 1.82) is 0 Å². The van der Waals surface area contributed by atoms with E-state index >= 15 is 0 Å². The van der Waals surface area contributed by atoms with Crippen LogP contribution in [0, 0.1) is 0 Å². The first-order chi connectivity index (χ1) is 10.9. The van der Waals surface area contributed by atoms with Crippen molar-refractivity contribution in [1.82, 2.24) is 4.98 Å². The summed E-state index contributed by atoms with van der Waals surface area (Å²) in [5.41, 5.74) is 7.05. The Kier molecular flexibility index (Phi) is 2.49. The molecule has 2 aliphatic carbocycles. The molecule has 1 spiro atoms. The summed E-state index contributed by atoms with van der Waals surface area (Å²) in [4.78, 5) is 5.01. The molecule has 2 aliphatic rings. The first-order valence-electron chi connectivity index (χ1n) is 8.34. The molecule has 0 radical (unpaired) electrons. The second-order valence-corrected chi connectivity index (χ2v) is 6.90. The Balaban J connectivity index is 1.82. The van der Waals surface area contributed by atoms with Gasteiger partial charge in [-0.3, -0.25) is 0 Å². The lowest BCUT2D eigenvalue weighted by Gasteiger charge is -2.36. The molecule has 22 heavy (non-hydrogen) atoms. The van der Waals surface area contributed by atoms with Gasteiger partial charge in [-0.05, 0) is 42.5 Å². The van der Waals surface area contributed by atoms with E-state index in [1.807, 2.05) is 0 Å². The van der Waals surface area contributed by atoms with E-state index in [1.54, 1.807) is 5.56 Å². The van der Waals surface area contributed by atoms with Crippen molar-refractivity contribution in [3.8, 4) is 11.3 Å². The average molecular weight is 285 g/mol. The molecule has 0 saturated heterocycles. The smallest absolute Gasteiger partial charge is 0.0744 e. The topological polar surface area (TPSA) is 12.9 Å². The molecule has 0 bridgehead atoms. The summed E-state index contributed by atoms with van der Waals surface area (Å²) in [6.07, 6.45) is 6.55. The Hall–Kier alpha value is -2.15.